The Hall–Kier alpha value is -2.32. The van der Waals surface area contributed by atoms with Crippen LogP contribution >= 0.6 is 22.7 Å². The van der Waals surface area contributed by atoms with E-state index in [1.165, 1.54) is 29.8 Å². The van der Waals surface area contributed by atoms with Crippen LogP contribution in [-0.2, 0) is 4.74 Å². The van der Waals surface area contributed by atoms with E-state index in [9.17, 15) is 4.79 Å². The maximum absolute atomic E-state index is 11.7. The van der Waals surface area contributed by atoms with Gasteiger partial charge < -0.3 is 19.5 Å². The molecule has 0 atom stereocenters. The minimum Gasteiger partial charge on any atom is -0.497 e. The van der Waals surface area contributed by atoms with Crippen LogP contribution in [0.5, 0.6) is 11.5 Å². The van der Waals surface area contributed by atoms with Crippen LogP contribution in [0.15, 0.2) is 23.6 Å². The van der Waals surface area contributed by atoms with Crippen molar-refractivity contribution >= 4 is 49.0 Å². The number of anilines is 2. The summed E-state index contributed by atoms with van der Waals surface area (Å²) in [5, 5.41) is 6.36. The highest BCUT2D eigenvalue weighted by Gasteiger charge is 2.16. The smallest absolute Gasteiger partial charge is 0.340 e. The maximum Gasteiger partial charge on any atom is 0.340 e. The number of carbonyl (C=O) groups excluding carboxylic acids is 1. The zero-order valence-corrected chi connectivity index (χ0v) is 14.3. The van der Waals surface area contributed by atoms with Gasteiger partial charge in [-0.25, -0.2) is 9.78 Å². The molecule has 23 heavy (non-hydrogen) atoms. The van der Waals surface area contributed by atoms with E-state index in [0.717, 1.165) is 10.2 Å². The fourth-order valence-corrected chi connectivity index (χ4v) is 3.83. The molecule has 6 nitrogen and oxygen atoms in total. The predicted octanol–water partition coefficient (Wildman–Crippen LogP) is 3.91. The van der Waals surface area contributed by atoms with E-state index in [1.807, 2.05) is 11.4 Å². The molecule has 3 rings (SSSR count). The maximum atomic E-state index is 11.7. The summed E-state index contributed by atoms with van der Waals surface area (Å²) in [7, 11) is 4.56. The first-order valence-corrected chi connectivity index (χ1v) is 8.31. The van der Waals surface area contributed by atoms with Crippen LogP contribution < -0.4 is 14.8 Å². The Morgan fingerprint density at radius 1 is 1.22 bits per heavy atom. The molecule has 0 aliphatic carbocycles. The van der Waals surface area contributed by atoms with Gasteiger partial charge in [0.1, 0.15) is 22.0 Å². The topological polar surface area (TPSA) is 69.7 Å². The largest absolute Gasteiger partial charge is 0.497 e. The van der Waals surface area contributed by atoms with Gasteiger partial charge in [-0.2, -0.15) is 0 Å². The summed E-state index contributed by atoms with van der Waals surface area (Å²) in [6.45, 7) is 0. The number of hydrogen-bond acceptors (Lipinski definition) is 8. The normalized spacial score (nSPS) is 10.6. The van der Waals surface area contributed by atoms with Gasteiger partial charge in [0.2, 0.25) is 0 Å². The molecule has 2 aromatic heterocycles. The van der Waals surface area contributed by atoms with Crippen molar-refractivity contribution in [1.29, 1.82) is 0 Å². The monoisotopic (exact) mass is 350 g/mol. The van der Waals surface area contributed by atoms with Crippen LogP contribution in [-0.4, -0.2) is 32.3 Å². The fraction of sp³-hybridized carbons (Fsp3) is 0.200. The van der Waals surface area contributed by atoms with E-state index in [-0.39, 0.29) is 5.97 Å². The number of aromatic nitrogens is 1. The molecule has 8 heteroatoms. The van der Waals surface area contributed by atoms with Gasteiger partial charge in [0.05, 0.1) is 31.6 Å². The van der Waals surface area contributed by atoms with E-state index in [1.54, 1.807) is 26.4 Å². The molecule has 0 spiro atoms. The summed E-state index contributed by atoms with van der Waals surface area (Å²) in [4.78, 5) is 16.3. The predicted molar refractivity (Wildman–Crippen MR) is 91.7 cm³/mol. The van der Waals surface area contributed by atoms with Gasteiger partial charge in [-0.3, -0.25) is 0 Å². The number of methoxy groups -OCH3 is 3. The number of ether oxygens (including phenoxy) is 3. The van der Waals surface area contributed by atoms with Gasteiger partial charge in [-0.15, -0.1) is 11.3 Å². The molecule has 0 bridgehead atoms. The first-order valence-electron chi connectivity index (χ1n) is 6.61. The fourth-order valence-electron chi connectivity index (χ4n) is 2.08. The lowest BCUT2D eigenvalue weighted by molar-refractivity contribution is 0.0602. The third kappa shape index (κ3) is 2.95. The third-order valence-corrected chi connectivity index (χ3v) is 4.93. The zero-order chi connectivity index (χ0) is 16.4. The van der Waals surface area contributed by atoms with Gasteiger partial charge in [0, 0.05) is 6.07 Å². The number of nitrogens with zero attached hydrogens (tertiary/aromatic N) is 1. The van der Waals surface area contributed by atoms with Gasteiger partial charge >= 0.3 is 5.97 Å². The SMILES string of the molecule is COC(=O)c1ccsc1Nc1nc2c(OC)cc(OC)cc2s1. The van der Waals surface area contributed by atoms with Gasteiger partial charge in [-0.1, -0.05) is 11.3 Å². The van der Waals surface area contributed by atoms with Gasteiger partial charge in [-0.05, 0) is 17.5 Å². The summed E-state index contributed by atoms with van der Waals surface area (Å²) in [5.74, 6) is 0.966. The number of fused-ring (bicyclic) bond motifs is 1. The number of thiazole rings is 1. The van der Waals surface area contributed by atoms with Gasteiger partial charge in [0.25, 0.3) is 0 Å². The molecule has 1 N–H and O–H groups in total. The lowest BCUT2D eigenvalue weighted by atomic mass is 10.3. The Kier molecular flexibility index (Phi) is 4.35. The quantitative estimate of drug-likeness (QED) is 0.704. The molecule has 0 saturated carbocycles. The molecular formula is C15H14N2O4S2. The van der Waals surface area contributed by atoms with Crippen molar-refractivity contribution in [2.75, 3.05) is 26.6 Å². The van der Waals surface area contributed by atoms with Crippen LogP contribution in [0.4, 0.5) is 10.1 Å². The first kappa shape index (κ1) is 15.6. The van der Waals surface area contributed by atoms with E-state index in [0.29, 0.717) is 27.2 Å². The number of rotatable bonds is 5. The summed E-state index contributed by atoms with van der Waals surface area (Å²) >= 11 is 2.87. The highest BCUT2D eigenvalue weighted by molar-refractivity contribution is 7.22. The number of hydrogen-bond donors (Lipinski definition) is 1. The van der Waals surface area contributed by atoms with E-state index < -0.39 is 0 Å². The van der Waals surface area contributed by atoms with Crippen molar-refractivity contribution in [3.8, 4) is 11.5 Å². The number of thiophene rings is 1. The van der Waals surface area contributed by atoms with Crippen molar-refractivity contribution in [3.05, 3.63) is 29.1 Å². The van der Waals surface area contributed by atoms with Crippen LogP contribution in [0.1, 0.15) is 10.4 Å². The molecule has 0 fully saturated rings. The molecule has 3 aromatic rings. The van der Waals surface area contributed by atoms with Crippen LogP contribution in [0, 0.1) is 0 Å². The third-order valence-electron chi connectivity index (χ3n) is 3.18. The molecule has 0 unspecified atom stereocenters. The second-order valence-corrected chi connectivity index (χ2v) is 6.42. The number of nitrogens with one attached hydrogen (secondary N) is 1. The van der Waals surface area contributed by atoms with E-state index in [2.05, 4.69) is 10.3 Å². The first-order chi connectivity index (χ1) is 11.2. The average Bonchev–Trinajstić information content (AvgIpc) is 3.19. The molecule has 1 aromatic carbocycles. The molecule has 0 saturated heterocycles. The average molecular weight is 350 g/mol. The molecule has 0 aliphatic rings. The highest BCUT2D eigenvalue weighted by Crippen LogP contribution is 2.38. The molecular weight excluding hydrogens is 336 g/mol. The standard InChI is InChI=1S/C15H14N2O4S2/c1-19-8-6-10(20-2)12-11(7-8)23-15(16-12)17-13-9(4-5-22-13)14(18)21-3/h4-7H,1-3H3,(H,16,17). The van der Waals surface area contributed by atoms with E-state index in [4.69, 9.17) is 14.2 Å². The number of carbonyl (C=O) groups is 1. The Bertz CT molecular complexity index is 856. The van der Waals surface area contributed by atoms with Crippen LogP contribution in [0.3, 0.4) is 0 Å². The van der Waals surface area contributed by atoms with Crippen LogP contribution in [0.25, 0.3) is 10.2 Å². The Morgan fingerprint density at radius 3 is 2.74 bits per heavy atom. The zero-order valence-electron chi connectivity index (χ0n) is 12.7. The summed E-state index contributed by atoms with van der Waals surface area (Å²) in [6.07, 6.45) is 0. The molecule has 120 valence electrons. The molecule has 0 amide bonds. The summed E-state index contributed by atoms with van der Waals surface area (Å²) in [6, 6.07) is 5.41. The lowest BCUT2D eigenvalue weighted by Crippen LogP contribution is -2.02. The minimum absolute atomic E-state index is 0.380. The van der Waals surface area contributed by atoms with Crippen molar-refractivity contribution in [2.45, 2.75) is 0 Å². The van der Waals surface area contributed by atoms with Crippen molar-refractivity contribution in [2.24, 2.45) is 0 Å². The second-order valence-electron chi connectivity index (χ2n) is 4.48. The lowest BCUT2D eigenvalue weighted by Gasteiger charge is -2.04. The molecule has 2 heterocycles. The molecule has 0 aliphatic heterocycles. The second kappa shape index (κ2) is 6.43. The van der Waals surface area contributed by atoms with Crippen LogP contribution in [0.2, 0.25) is 0 Å². The number of esters is 1. The Balaban J connectivity index is 1.98. The number of benzene rings is 1. The minimum atomic E-state index is -0.380. The summed E-state index contributed by atoms with van der Waals surface area (Å²) in [5.41, 5.74) is 1.23. The van der Waals surface area contributed by atoms with Gasteiger partial charge in [0.15, 0.2) is 5.13 Å². The Labute approximate surface area is 140 Å². The van der Waals surface area contributed by atoms with Crippen molar-refractivity contribution in [3.63, 3.8) is 0 Å². The molecule has 0 radical (unpaired) electrons. The highest BCUT2D eigenvalue weighted by atomic mass is 32.1. The Morgan fingerprint density at radius 2 is 2.04 bits per heavy atom. The van der Waals surface area contributed by atoms with Crippen molar-refractivity contribution in [1.82, 2.24) is 4.98 Å². The van der Waals surface area contributed by atoms with E-state index >= 15 is 0 Å². The summed E-state index contributed by atoms with van der Waals surface area (Å²) < 4.78 is 16.3. The van der Waals surface area contributed by atoms with Crippen molar-refractivity contribution < 1.29 is 19.0 Å².